The molecule has 0 radical (unpaired) electrons. The maximum absolute atomic E-state index is 12.0. The molecule has 2 aromatic rings. The molecule has 21 heavy (non-hydrogen) atoms. The van der Waals surface area contributed by atoms with Gasteiger partial charge in [0.1, 0.15) is 5.82 Å². The molecule has 8 heteroatoms. The molecule has 3 rings (SSSR count). The molecular weight excluding hydrogens is 356 g/mol. The number of rotatable bonds is 4. The van der Waals surface area contributed by atoms with Crippen LogP contribution in [0.1, 0.15) is 12.8 Å². The van der Waals surface area contributed by atoms with E-state index in [1.54, 1.807) is 0 Å². The lowest BCUT2D eigenvalue weighted by atomic mass is 10.3. The largest absolute Gasteiger partial charge is 0.382 e. The second-order valence-corrected chi connectivity index (χ2v) is 8.01. The third kappa shape index (κ3) is 2.91. The van der Waals surface area contributed by atoms with Crippen LogP contribution in [-0.4, -0.2) is 30.5 Å². The number of nitrogens with zero attached hydrogens (tertiary/aromatic N) is 2. The molecule has 3 N–H and O–H groups in total. The number of nitrogens with one attached hydrogen (secondary N) is 1. The van der Waals surface area contributed by atoms with Crippen LogP contribution in [0.2, 0.25) is 0 Å². The molecule has 0 unspecified atom stereocenters. The van der Waals surface area contributed by atoms with Crippen molar-refractivity contribution in [2.45, 2.75) is 23.8 Å². The fourth-order valence-electron chi connectivity index (χ4n) is 2.10. The van der Waals surface area contributed by atoms with E-state index in [2.05, 4.69) is 26.3 Å². The number of nitrogens with two attached hydrogens (primary N) is 1. The first kappa shape index (κ1) is 14.4. The Hall–Kier alpha value is -1.54. The summed E-state index contributed by atoms with van der Waals surface area (Å²) in [6.45, 7) is 0. The smallest absolute Gasteiger partial charge is 0.182 e. The number of sulfone groups is 1. The Morgan fingerprint density at radius 3 is 2.71 bits per heavy atom. The molecule has 1 aliphatic rings. The average Bonchev–Trinajstić information content (AvgIpc) is 3.11. The first-order chi connectivity index (χ1) is 9.86. The quantitative estimate of drug-likeness (QED) is 0.860. The first-order valence-corrected chi connectivity index (χ1v) is 9.16. The highest BCUT2D eigenvalue weighted by molar-refractivity contribution is 9.10. The van der Waals surface area contributed by atoms with Crippen molar-refractivity contribution in [2.75, 3.05) is 17.3 Å². The van der Waals surface area contributed by atoms with Crippen LogP contribution < -0.4 is 11.1 Å². The zero-order valence-electron chi connectivity index (χ0n) is 11.4. The van der Waals surface area contributed by atoms with E-state index in [4.69, 9.17) is 5.73 Å². The number of halogens is 1. The Bertz CT molecular complexity index is 796. The molecule has 0 atom stereocenters. The SMILES string of the molecule is CS(=O)(=O)c1c(NC2CC2)nn(-c2cccc(Br)c2)c1N. The summed E-state index contributed by atoms with van der Waals surface area (Å²) in [5.74, 6) is 0.455. The predicted molar refractivity (Wildman–Crippen MR) is 85.4 cm³/mol. The van der Waals surface area contributed by atoms with Crippen molar-refractivity contribution in [3.05, 3.63) is 28.7 Å². The van der Waals surface area contributed by atoms with Crippen LogP contribution in [0.4, 0.5) is 11.6 Å². The molecule has 0 amide bonds. The molecule has 1 aromatic heterocycles. The summed E-state index contributed by atoms with van der Waals surface area (Å²) >= 11 is 3.38. The number of hydrogen-bond donors (Lipinski definition) is 2. The lowest BCUT2D eigenvalue weighted by molar-refractivity contribution is 0.602. The fourth-order valence-corrected chi connectivity index (χ4v) is 3.41. The van der Waals surface area contributed by atoms with E-state index < -0.39 is 9.84 Å². The molecular formula is C13H15BrN4O2S. The van der Waals surface area contributed by atoms with E-state index in [-0.39, 0.29) is 16.8 Å². The minimum Gasteiger partial charge on any atom is -0.382 e. The van der Waals surface area contributed by atoms with E-state index in [0.29, 0.717) is 11.5 Å². The van der Waals surface area contributed by atoms with Crippen LogP contribution in [0.5, 0.6) is 0 Å². The Balaban J connectivity index is 2.15. The molecule has 1 fully saturated rings. The van der Waals surface area contributed by atoms with Gasteiger partial charge < -0.3 is 11.1 Å². The third-order valence-corrected chi connectivity index (χ3v) is 4.85. The lowest BCUT2D eigenvalue weighted by Gasteiger charge is -2.04. The van der Waals surface area contributed by atoms with Crippen LogP contribution in [0, 0.1) is 0 Å². The highest BCUT2D eigenvalue weighted by atomic mass is 79.9. The van der Waals surface area contributed by atoms with Crippen molar-refractivity contribution in [2.24, 2.45) is 0 Å². The third-order valence-electron chi connectivity index (χ3n) is 3.22. The molecule has 112 valence electrons. The van der Waals surface area contributed by atoms with Gasteiger partial charge in [0.25, 0.3) is 0 Å². The standard InChI is InChI=1S/C13H15BrN4O2S/c1-21(19,20)11-12(15)18(10-4-2-3-8(14)7-10)17-13(11)16-9-5-6-9/h2-4,7,9H,5-6,15H2,1H3,(H,16,17). The highest BCUT2D eigenvalue weighted by Gasteiger charge is 2.29. The van der Waals surface area contributed by atoms with Gasteiger partial charge in [-0.25, -0.2) is 13.1 Å². The topological polar surface area (TPSA) is 90.0 Å². The van der Waals surface area contributed by atoms with Gasteiger partial charge in [0.2, 0.25) is 0 Å². The second-order valence-electron chi connectivity index (χ2n) is 5.15. The van der Waals surface area contributed by atoms with E-state index in [0.717, 1.165) is 23.6 Å². The van der Waals surface area contributed by atoms with Crippen LogP contribution in [-0.2, 0) is 9.84 Å². The molecule has 1 saturated carbocycles. The summed E-state index contributed by atoms with van der Waals surface area (Å²) in [7, 11) is -3.46. The second kappa shape index (κ2) is 5.03. The molecule has 0 aliphatic heterocycles. The molecule has 1 aliphatic carbocycles. The van der Waals surface area contributed by atoms with Crippen LogP contribution >= 0.6 is 15.9 Å². The number of anilines is 2. The average molecular weight is 371 g/mol. The van der Waals surface area contributed by atoms with Crippen molar-refractivity contribution in [3.8, 4) is 5.69 Å². The minimum absolute atomic E-state index is 0.0642. The van der Waals surface area contributed by atoms with Gasteiger partial charge >= 0.3 is 0 Å². The van der Waals surface area contributed by atoms with Crippen molar-refractivity contribution in [1.82, 2.24) is 9.78 Å². The number of aromatic nitrogens is 2. The van der Waals surface area contributed by atoms with Crippen molar-refractivity contribution >= 4 is 37.4 Å². The van der Waals surface area contributed by atoms with E-state index in [9.17, 15) is 8.42 Å². The summed E-state index contributed by atoms with van der Waals surface area (Å²) in [6.07, 6.45) is 3.18. The Morgan fingerprint density at radius 2 is 2.14 bits per heavy atom. The monoisotopic (exact) mass is 370 g/mol. The van der Waals surface area contributed by atoms with Gasteiger partial charge in [0, 0.05) is 16.8 Å². The van der Waals surface area contributed by atoms with E-state index in [1.165, 1.54) is 4.68 Å². The summed E-state index contributed by atoms with van der Waals surface area (Å²) in [5, 5.41) is 7.48. The number of hydrogen-bond acceptors (Lipinski definition) is 5. The maximum atomic E-state index is 12.0. The van der Waals surface area contributed by atoms with Crippen LogP contribution in [0.15, 0.2) is 33.6 Å². The van der Waals surface area contributed by atoms with Gasteiger partial charge in [-0.05, 0) is 31.0 Å². The Labute approximate surface area is 131 Å². The van der Waals surface area contributed by atoms with Gasteiger partial charge in [0.15, 0.2) is 20.6 Å². The van der Waals surface area contributed by atoms with Crippen molar-refractivity contribution < 1.29 is 8.42 Å². The molecule has 6 nitrogen and oxygen atoms in total. The molecule has 1 heterocycles. The molecule has 1 aromatic carbocycles. The number of nitrogen functional groups attached to an aromatic ring is 1. The summed E-state index contributed by atoms with van der Waals surface area (Å²) in [6, 6.07) is 7.66. The van der Waals surface area contributed by atoms with Crippen molar-refractivity contribution in [3.63, 3.8) is 0 Å². The van der Waals surface area contributed by atoms with Gasteiger partial charge in [-0.1, -0.05) is 22.0 Å². The number of benzene rings is 1. The predicted octanol–water partition coefficient (Wildman–Crippen LogP) is 2.19. The summed E-state index contributed by atoms with van der Waals surface area (Å²) < 4.78 is 26.3. The first-order valence-electron chi connectivity index (χ1n) is 6.47. The minimum atomic E-state index is -3.46. The van der Waals surface area contributed by atoms with E-state index in [1.807, 2.05) is 24.3 Å². The maximum Gasteiger partial charge on any atom is 0.182 e. The van der Waals surface area contributed by atoms with Gasteiger partial charge in [0.05, 0.1) is 5.69 Å². The summed E-state index contributed by atoms with van der Waals surface area (Å²) in [4.78, 5) is 0.0642. The zero-order valence-corrected chi connectivity index (χ0v) is 13.8. The van der Waals surface area contributed by atoms with Crippen LogP contribution in [0.3, 0.4) is 0 Å². The van der Waals surface area contributed by atoms with Gasteiger partial charge in [-0.2, -0.15) is 0 Å². The van der Waals surface area contributed by atoms with Gasteiger partial charge in [-0.3, -0.25) is 0 Å². The van der Waals surface area contributed by atoms with Gasteiger partial charge in [-0.15, -0.1) is 5.10 Å². The zero-order chi connectivity index (χ0) is 15.2. The molecule has 0 saturated heterocycles. The lowest BCUT2D eigenvalue weighted by Crippen LogP contribution is -2.07. The summed E-state index contributed by atoms with van der Waals surface area (Å²) in [5.41, 5.74) is 6.74. The van der Waals surface area contributed by atoms with Crippen molar-refractivity contribution in [1.29, 1.82) is 0 Å². The molecule has 0 bridgehead atoms. The fraction of sp³-hybridized carbons (Fsp3) is 0.308. The highest BCUT2D eigenvalue weighted by Crippen LogP contribution is 2.33. The van der Waals surface area contributed by atoms with E-state index >= 15 is 0 Å². The van der Waals surface area contributed by atoms with Crippen LogP contribution in [0.25, 0.3) is 5.69 Å². The molecule has 0 spiro atoms. The normalized spacial score (nSPS) is 15.1. The Kier molecular flexibility index (Phi) is 3.45. The Morgan fingerprint density at radius 1 is 1.43 bits per heavy atom.